The standard InChI is InChI=1S/C12H13BrN2OS/c1-15-11(13)7-14-12(15)8-16-9-3-5-10(17-2)6-4-9/h3-7H,8H2,1-2H3. The number of hydrogen-bond donors (Lipinski definition) is 0. The fourth-order valence-electron chi connectivity index (χ4n) is 1.38. The second-order valence-electron chi connectivity index (χ2n) is 3.52. The minimum atomic E-state index is 0.473. The number of benzene rings is 1. The molecule has 0 unspecified atom stereocenters. The van der Waals surface area contributed by atoms with Crippen LogP contribution in [0.4, 0.5) is 0 Å². The van der Waals surface area contributed by atoms with Crippen LogP contribution in [0, 0.1) is 0 Å². The fourth-order valence-corrected chi connectivity index (χ4v) is 2.09. The highest BCUT2D eigenvalue weighted by atomic mass is 79.9. The van der Waals surface area contributed by atoms with Gasteiger partial charge in [0.15, 0.2) is 0 Å². The summed E-state index contributed by atoms with van der Waals surface area (Å²) in [6.45, 7) is 0.473. The molecule has 17 heavy (non-hydrogen) atoms. The van der Waals surface area contributed by atoms with Gasteiger partial charge < -0.3 is 9.30 Å². The van der Waals surface area contributed by atoms with Crippen LogP contribution >= 0.6 is 27.7 Å². The van der Waals surface area contributed by atoms with E-state index in [2.05, 4.69) is 27.2 Å². The highest BCUT2D eigenvalue weighted by Crippen LogP contribution is 2.20. The summed E-state index contributed by atoms with van der Waals surface area (Å²) in [7, 11) is 1.95. The first-order chi connectivity index (χ1) is 8.20. The van der Waals surface area contributed by atoms with E-state index in [-0.39, 0.29) is 0 Å². The van der Waals surface area contributed by atoms with Crippen molar-refractivity contribution < 1.29 is 4.74 Å². The van der Waals surface area contributed by atoms with Crippen LogP contribution in [0.2, 0.25) is 0 Å². The Labute approximate surface area is 113 Å². The molecule has 0 aliphatic heterocycles. The van der Waals surface area contributed by atoms with Crippen LogP contribution in [0.25, 0.3) is 0 Å². The Morgan fingerprint density at radius 1 is 1.35 bits per heavy atom. The second kappa shape index (κ2) is 5.60. The number of halogens is 1. The SMILES string of the molecule is CSc1ccc(OCc2ncc(Br)n2C)cc1. The second-order valence-corrected chi connectivity index (χ2v) is 5.21. The van der Waals surface area contributed by atoms with E-state index in [1.807, 2.05) is 35.9 Å². The molecule has 0 radical (unpaired) electrons. The first-order valence-corrected chi connectivity index (χ1v) is 7.15. The topological polar surface area (TPSA) is 27.1 Å². The lowest BCUT2D eigenvalue weighted by Gasteiger charge is -2.07. The van der Waals surface area contributed by atoms with Crippen LogP contribution in [-0.2, 0) is 13.7 Å². The highest BCUT2D eigenvalue weighted by molar-refractivity contribution is 9.10. The van der Waals surface area contributed by atoms with E-state index in [1.54, 1.807) is 18.0 Å². The van der Waals surface area contributed by atoms with Gasteiger partial charge in [0.1, 0.15) is 22.8 Å². The molecule has 0 spiro atoms. The molecule has 0 aliphatic carbocycles. The Kier molecular flexibility index (Phi) is 4.12. The molecule has 0 atom stereocenters. The zero-order valence-electron chi connectivity index (χ0n) is 9.68. The maximum Gasteiger partial charge on any atom is 0.147 e. The van der Waals surface area contributed by atoms with Crippen molar-refractivity contribution in [3.8, 4) is 5.75 Å². The minimum absolute atomic E-state index is 0.473. The molecule has 90 valence electrons. The Morgan fingerprint density at radius 3 is 2.59 bits per heavy atom. The van der Waals surface area contributed by atoms with Gasteiger partial charge in [0.05, 0.1) is 6.20 Å². The number of thioether (sulfide) groups is 1. The van der Waals surface area contributed by atoms with E-state index in [0.717, 1.165) is 16.2 Å². The van der Waals surface area contributed by atoms with Crippen molar-refractivity contribution in [2.45, 2.75) is 11.5 Å². The summed E-state index contributed by atoms with van der Waals surface area (Å²) in [6.07, 6.45) is 3.83. The molecule has 2 rings (SSSR count). The summed E-state index contributed by atoms with van der Waals surface area (Å²) >= 11 is 5.12. The molecule has 1 heterocycles. The van der Waals surface area contributed by atoms with E-state index in [4.69, 9.17) is 4.74 Å². The van der Waals surface area contributed by atoms with Gasteiger partial charge in [0.25, 0.3) is 0 Å². The Morgan fingerprint density at radius 2 is 2.06 bits per heavy atom. The van der Waals surface area contributed by atoms with Crippen molar-refractivity contribution >= 4 is 27.7 Å². The third kappa shape index (κ3) is 3.04. The summed E-state index contributed by atoms with van der Waals surface area (Å²) in [6, 6.07) is 8.05. The molecular weight excluding hydrogens is 300 g/mol. The lowest BCUT2D eigenvalue weighted by Crippen LogP contribution is -2.03. The van der Waals surface area contributed by atoms with Crippen LogP contribution in [-0.4, -0.2) is 15.8 Å². The summed E-state index contributed by atoms with van der Waals surface area (Å²) in [5, 5.41) is 0. The van der Waals surface area contributed by atoms with Gasteiger partial charge in [-0.2, -0.15) is 0 Å². The van der Waals surface area contributed by atoms with Crippen molar-refractivity contribution in [2.24, 2.45) is 7.05 Å². The maximum absolute atomic E-state index is 5.67. The summed E-state index contributed by atoms with van der Waals surface area (Å²) < 4.78 is 8.58. The van der Waals surface area contributed by atoms with Gasteiger partial charge in [-0.25, -0.2) is 4.98 Å². The monoisotopic (exact) mass is 312 g/mol. The van der Waals surface area contributed by atoms with Crippen molar-refractivity contribution in [1.29, 1.82) is 0 Å². The Balaban J connectivity index is 2.00. The summed E-state index contributed by atoms with van der Waals surface area (Å²) in [4.78, 5) is 5.48. The van der Waals surface area contributed by atoms with Crippen molar-refractivity contribution in [3.63, 3.8) is 0 Å². The number of hydrogen-bond acceptors (Lipinski definition) is 3. The first-order valence-electron chi connectivity index (χ1n) is 5.13. The highest BCUT2D eigenvalue weighted by Gasteiger charge is 2.04. The molecule has 5 heteroatoms. The summed E-state index contributed by atoms with van der Waals surface area (Å²) in [5.74, 6) is 1.76. The molecule has 1 aromatic heterocycles. The number of rotatable bonds is 4. The average Bonchev–Trinajstić information content (AvgIpc) is 2.68. The quantitative estimate of drug-likeness (QED) is 0.809. The molecule has 0 N–H and O–H groups in total. The Bertz CT molecular complexity index is 496. The minimum Gasteiger partial charge on any atom is -0.486 e. The number of nitrogens with zero attached hydrogens (tertiary/aromatic N) is 2. The number of aromatic nitrogens is 2. The molecule has 1 aromatic carbocycles. The van der Waals surface area contributed by atoms with Crippen molar-refractivity contribution in [2.75, 3.05) is 6.26 Å². The van der Waals surface area contributed by atoms with Crippen molar-refractivity contribution in [3.05, 3.63) is 40.9 Å². The summed E-state index contributed by atoms with van der Waals surface area (Å²) in [5.41, 5.74) is 0. The maximum atomic E-state index is 5.67. The van der Waals surface area contributed by atoms with Crippen LogP contribution in [0.15, 0.2) is 40.0 Å². The number of ether oxygens (including phenoxy) is 1. The van der Waals surface area contributed by atoms with Crippen molar-refractivity contribution in [1.82, 2.24) is 9.55 Å². The predicted octanol–water partition coefficient (Wildman–Crippen LogP) is 3.48. The smallest absolute Gasteiger partial charge is 0.147 e. The molecule has 0 bridgehead atoms. The Hall–Kier alpha value is -0.940. The molecule has 0 saturated carbocycles. The van der Waals surface area contributed by atoms with Gasteiger partial charge in [-0.05, 0) is 46.5 Å². The molecule has 0 amide bonds. The third-order valence-electron chi connectivity index (χ3n) is 2.46. The lowest BCUT2D eigenvalue weighted by atomic mass is 10.3. The van der Waals surface area contributed by atoms with E-state index in [0.29, 0.717) is 6.61 Å². The largest absolute Gasteiger partial charge is 0.486 e. The zero-order valence-corrected chi connectivity index (χ0v) is 12.1. The molecule has 2 aromatic rings. The van der Waals surface area contributed by atoms with Gasteiger partial charge in [-0.1, -0.05) is 0 Å². The lowest BCUT2D eigenvalue weighted by molar-refractivity contribution is 0.291. The van der Waals surface area contributed by atoms with E-state index < -0.39 is 0 Å². The van der Waals surface area contributed by atoms with E-state index in [1.165, 1.54) is 4.90 Å². The van der Waals surface area contributed by atoms with Gasteiger partial charge >= 0.3 is 0 Å². The average molecular weight is 313 g/mol. The third-order valence-corrected chi connectivity index (χ3v) is 3.94. The van der Waals surface area contributed by atoms with Gasteiger partial charge in [0, 0.05) is 11.9 Å². The predicted molar refractivity (Wildman–Crippen MR) is 73.5 cm³/mol. The van der Waals surface area contributed by atoms with Crippen LogP contribution in [0.1, 0.15) is 5.82 Å². The first kappa shape index (κ1) is 12.5. The van der Waals surface area contributed by atoms with Crippen LogP contribution in [0.5, 0.6) is 5.75 Å². The normalized spacial score (nSPS) is 10.5. The molecule has 0 aliphatic rings. The van der Waals surface area contributed by atoms with Crippen LogP contribution < -0.4 is 4.74 Å². The van der Waals surface area contributed by atoms with Gasteiger partial charge in [0.2, 0.25) is 0 Å². The molecule has 0 fully saturated rings. The van der Waals surface area contributed by atoms with E-state index in [9.17, 15) is 0 Å². The molecular formula is C12H13BrN2OS. The zero-order chi connectivity index (χ0) is 12.3. The van der Waals surface area contributed by atoms with E-state index >= 15 is 0 Å². The number of imidazole rings is 1. The fraction of sp³-hybridized carbons (Fsp3) is 0.250. The van der Waals surface area contributed by atoms with Crippen LogP contribution in [0.3, 0.4) is 0 Å². The van der Waals surface area contributed by atoms with Gasteiger partial charge in [-0.15, -0.1) is 11.8 Å². The molecule has 3 nitrogen and oxygen atoms in total. The van der Waals surface area contributed by atoms with Gasteiger partial charge in [-0.3, -0.25) is 0 Å². The molecule has 0 saturated heterocycles.